The summed E-state index contributed by atoms with van der Waals surface area (Å²) in [4.78, 5) is 0. The van der Waals surface area contributed by atoms with Crippen molar-refractivity contribution in [2.45, 2.75) is 0 Å². The Bertz CT molecular complexity index is 626. The molecule has 78 valence electrons. The van der Waals surface area contributed by atoms with E-state index in [4.69, 9.17) is 4.52 Å². The molecule has 1 aromatic heterocycles. The smallest absolute Gasteiger partial charge is 0.235 e. The van der Waals surface area contributed by atoms with Crippen LogP contribution in [0.5, 0.6) is 0 Å². The predicted octanol–water partition coefficient (Wildman–Crippen LogP) is 2.92. The fourth-order valence-corrected chi connectivity index (χ4v) is 1.97. The predicted molar refractivity (Wildman–Crippen MR) is 62.8 cm³/mol. The lowest BCUT2D eigenvalue weighted by molar-refractivity contribution is -0.823. The van der Waals surface area contributed by atoms with E-state index in [1.54, 1.807) is 4.74 Å². The molecule has 16 heavy (non-hydrogen) atoms. The summed E-state index contributed by atoms with van der Waals surface area (Å²) in [5.74, 6) is 0.929. The van der Waals surface area contributed by atoms with E-state index >= 15 is 0 Å². The quantitative estimate of drug-likeness (QED) is 0.564. The number of rotatable bonds is 1. The summed E-state index contributed by atoms with van der Waals surface area (Å²) in [5, 5.41) is 1.15. The average molecular weight is 210 g/mol. The number of hydrogen-bond acceptors (Lipinski definition) is 1. The first kappa shape index (κ1) is 9.16. The summed E-state index contributed by atoms with van der Waals surface area (Å²) in [6.45, 7) is 0. The van der Waals surface area contributed by atoms with Crippen LogP contribution in [-0.4, -0.2) is 0 Å². The molecule has 0 saturated heterocycles. The van der Waals surface area contributed by atoms with Gasteiger partial charge in [0.1, 0.15) is 5.39 Å². The van der Waals surface area contributed by atoms with E-state index in [1.807, 2.05) is 37.4 Å². The zero-order valence-corrected chi connectivity index (χ0v) is 9.05. The van der Waals surface area contributed by atoms with E-state index in [9.17, 15) is 0 Å². The Morgan fingerprint density at radius 1 is 0.875 bits per heavy atom. The molecule has 0 radical (unpaired) electrons. The van der Waals surface area contributed by atoms with Crippen molar-refractivity contribution in [3.8, 4) is 11.3 Å². The average Bonchev–Trinajstić information content (AvgIpc) is 2.69. The van der Waals surface area contributed by atoms with Crippen LogP contribution < -0.4 is 4.74 Å². The van der Waals surface area contributed by atoms with Crippen LogP contribution in [0.2, 0.25) is 0 Å². The van der Waals surface area contributed by atoms with Crippen LogP contribution >= 0.6 is 0 Å². The molecule has 0 saturated carbocycles. The minimum atomic E-state index is 0.929. The monoisotopic (exact) mass is 210 g/mol. The third-order valence-corrected chi connectivity index (χ3v) is 2.75. The van der Waals surface area contributed by atoms with Crippen LogP contribution in [-0.2, 0) is 7.05 Å². The maximum Gasteiger partial charge on any atom is 0.262 e. The van der Waals surface area contributed by atoms with Gasteiger partial charge in [0.15, 0.2) is 7.05 Å². The summed E-state index contributed by atoms with van der Waals surface area (Å²) in [6, 6.07) is 18.4. The SMILES string of the molecule is C[n+]1oc(-c2ccccc2)c2ccccc21. The van der Waals surface area contributed by atoms with Crippen LogP contribution in [0, 0.1) is 0 Å². The first-order valence-electron chi connectivity index (χ1n) is 5.30. The van der Waals surface area contributed by atoms with Gasteiger partial charge in [0.05, 0.1) is 0 Å². The van der Waals surface area contributed by atoms with Crippen molar-refractivity contribution in [1.82, 2.24) is 0 Å². The molecule has 0 aliphatic heterocycles. The Morgan fingerprint density at radius 2 is 1.56 bits per heavy atom. The summed E-state index contributed by atoms with van der Waals surface area (Å²) in [6.07, 6.45) is 0. The second kappa shape index (κ2) is 3.49. The van der Waals surface area contributed by atoms with E-state index in [1.165, 1.54) is 0 Å². The molecule has 0 aliphatic rings. The molecule has 0 N–H and O–H groups in total. The highest BCUT2D eigenvalue weighted by molar-refractivity contribution is 5.89. The van der Waals surface area contributed by atoms with Gasteiger partial charge < -0.3 is 0 Å². The molecule has 2 heteroatoms. The molecule has 0 spiro atoms. The molecule has 3 rings (SSSR count). The Kier molecular flexibility index (Phi) is 2.00. The molecule has 1 heterocycles. The van der Waals surface area contributed by atoms with Crippen molar-refractivity contribution >= 4 is 10.9 Å². The molecule has 0 amide bonds. The lowest BCUT2D eigenvalue weighted by Gasteiger charge is -1.91. The van der Waals surface area contributed by atoms with Gasteiger partial charge in [-0.2, -0.15) is 0 Å². The first-order valence-corrected chi connectivity index (χ1v) is 5.30. The lowest BCUT2D eigenvalue weighted by atomic mass is 10.1. The van der Waals surface area contributed by atoms with E-state index in [0.717, 1.165) is 22.2 Å². The molecule has 0 atom stereocenters. The third-order valence-electron chi connectivity index (χ3n) is 2.75. The van der Waals surface area contributed by atoms with Crippen LogP contribution in [0.3, 0.4) is 0 Å². The number of benzene rings is 2. The Balaban J connectivity index is 2.33. The molecule has 0 bridgehead atoms. The van der Waals surface area contributed by atoms with E-state index in [0.29, 0.717) is 0 Å². The Morgan fingerprint density at radius 3 is 2.38 bits per heavy atom. The molecule has 2 nitrogen and oxygen atoms in total. The van der Waals surface area contributed by atoms with Crippen LogP contribution in [0.1, 0.15) is 0 Å². The molecular formula is C14H12NO+. The number of aromatic nitrogens is 1. The van der Waals surface area contributed by atoms with Gasteiger partial charge in [-0.3, -0.25) is 0 Å². The minimum absolute atomic E-state index is 0.929. The molecule has 3 aromatic rings. The lowest BCUT2D eigenvalue weighted by Crippen LogP contribution is -2.24. The van der Waals surface area contributed by atoms with Gasteiger partial charge in [-0.25, -0.2) is 4.52 Å². The van der Waals surface area contributed by atoms with Gasteiger partial charge in [-0.15, -0.1) is 0 Å². The number of hydrogen-bond donors (Lipinski definition) is 0. The van der Waals surface area contributed by atoms with Gasteiger partial charge in [0.2, 0.25) is 5.76 Å². The van der Waals surface area contributed by atoms with Crippen molar-refractivity contribution in [2.75, 3.05) is 0 Å². The molecule has 0 aliphatic carbocycles. The Hall–Kier alpha value is -2.09. The van der Waals surface area contributed by atoms with E-state index in [-0.39, 0.29) is 0 Å². The van der Waals surface area contributed by atoms with E-state index < -0.39 is 0 Å². The summed E-state index contributed by atoms with van der Waals surface area (Å²) < 4.78 is 7.57. The van der Waals surface area contributed by atoms with Crippen LogP contribution in [0.4, 0.5) is 0 Å². The molecular weight excluding hydrogens is 198 g/mol. The summed E-state index contributed by atoms with van der Waals surface area (Å²) in [7, 11) is 1.93. The van der Waals surface area contributed by atoms with Crippen molar-refractivity contribution in [3.63, 3.8) is 0 Å². The Labute approximate surface area is 93.7 Å². The van der Waals surface area contributed by atoms with Gasteiger partial charge in [-0.1, -0.05) is 42.5 Å². The molecule has 0 unspecified atom stereocenters. The largest absolute Gasteiger partial charge is 0.262 e. The normalized spacial score (nSPS) is 10.8. The molecule has 2 aromatic carbocycles. The second-order valence-corrected chi connectivity index (χ2v) is 3.80. The van der Waals surface area contributed by atoms with Crippen LogP contribution in [0.15, 0.2) is 59.1 Å². The fraction of sp³-hybridized carbons (Fsp3) is 0.0714. The van der Waals surface area contributed by atoms with Crippen molar-refractivity contribution in [2.24, 2.45) is 7.05 Å². The first-order chi connectivity index (χ1) is 7.86. The number of fused-ring (bicyclic) bond motifs is 1. The third kappa shape index (κ3) is 1.31. The highest BCUT2D eigenvalue weighted by Gasteiger charge is 2.17. The number of aryl methyl sites for hydroxylation is 1. The maximum atomic E-state index is 5.77. The minimum Gasteiger partial charge on any atom is -0.235 e. The topological polar surface area (TPSA) is 17.0 Å². The van der Waals surface area contributed by atoms with Gasteiger partial charge in [0.25, 0.3) is 5.52 Å². The number of nitrogens with zero attached hydrogens (tertiary/aromatic N) is 1. The van der Waals surface area contributed by atoms with Crippen molar-refractivity contribution in [1.29, 1.82) is 0 Å². The van der Waals surface area contributed by atoms with E-state index in [2.05, 4.69) is 24.3 Å². The highest BCUT2D eigenvalue weighted by Crippen LogP contribution is 2.26. The van der Waals surface area contributed by atoms with Gasteiger partial charge in [0, 0.05) is 11.6 Å². The highest BCUT2D eigenvalue weighted by atomic mass is 16.5. The summed E-state index contributed by atoms with van der Waals surface area (Å²) >= 11 is 0. The van der Waals surface area contributed by atoms with Crippen molar-refractivity contribution < 1.29 is 9.26 Å². The zero-order valence-electron chi connectivity index (χ0n) is 9.05. The maximum absolute atomic E-state index is 5.77. The number of para-hydroxylation sites is 1. The molecule has 0 fully saturated rings. The second-order valence-electron chi connectivity index (χ2n) is 3.80. The fourth-order valence-electron chi connectivity index (χ4n) is 1.97. The summed E-state index contributed by atoms with van der Waals surface area (Å²) in [5.41, 5.74) is 2.22. The standard InChI is InChI=1S/C14H12NO/c1-15-13-10-6-5-9-12(13)14(16-15)11-7-3-2-4-8-11/h2-10H,1H3/q+1. The van der Waals surface area contributed by atoms with Gasteiger partial charge in [-0.05, 0) is 10.8 Å². The van der Waals surface area contributed by atoms with Crippen LogP contribution in [0.25, 0.3) is 22.2 Å². The van der Waals surface area contributed by atoms with Crippen molar-refractivity contribution in [3.05, 3.63) is 54.6 Å². The zero-order chi connectivity index (χ0) is 11.0. The van der Waals surface area contributed by atoms with Gasteiger partial charge >= 0.3 is 0 Å².